The monoisotopic (exact) mass is 396 g/mol. The van der Waals surface area contributed by atoms with Crippen molar-refractivity contribution >= 4 is 5.78 Å². The molecule has 5 N–H and O–H groups in total. The van der Waals surface area contributed by atoms with E-state index in [4.69, 9.17) is 9.47 Å². The van der Waals surface area contributed by atoms with Crippen LogP contribution >= 0.6 is 0 Å². The van der Waals surface area contributed by atoms with Crippen LogP contribution in [0.1, 0.15) is 39.5 Å². The van der Waals surface area contributed by atoms with Crippen molar-refractivity contribution in [3.05, 3.63) is 33.9 Å². The number of aliphatic hydroxyl groups excluding tert-OH is 5. The molecule has 28 heavy (non-hydrogen) atoms. The summed E-state index contributed by atoms with van der Waals surface area (Å²) in [4.78, 5) is 12.4. The Bertz CT molecular complexity index is 731. The van der Waals surface area contributed by atoms with Crippen LogP contribution in [0.2, 0.25) is 0 Å². The molecule has 2 unspecified atom stereocenters. The Morgan fingerprint density at radius 1 is 1.18 bits per heavy atom. The van der Waals surface area contributed by atoms with E-state index in [-0.39, 0.29) is 24.9 Å². The van der Waals surface area contributed by atoms with E-state index in [1.807, 2.05) is 19.9 Å². The van der Waals surface area contributed by atoms with E-state index in [1.54, 1.807) is 0 Å². The van der Waals surface area contributed by atoms with E-state index in [0.29, 0.717) is 18.4 Å². The summed E-state index contributed by atoms with van der Waals surface area (Å²) in [7, 11) is 0. The van der Waals surface area contributed by atoms with Crippen LogP contribution in [-0.2, 0) is 28.9 Å². The summed E-state index contributed by atoms with van der Waals surface area (Å²) >= 11 is 0. The average molecular weight is 396 g/mol. The highest BCUT2D eigenvalue weighted by Crippen LogP contribution is 2.33. The molecule has 0 spiro atoms. The minimum atomic E-state index is -1.50. The van der Waals surface area contributed by atoms with Crippen molar-refractivity contribution in [3.63, 3.8) is 0 Å². The zero-order valence-corrected chi connectivity index (χ0v) is 16.0. The SMILES string of the molecule is Cc1c(CCO[C@@H]2OC(CO)[C@@H](O)[C@H](O)C2O)c(CO)cc2c1C(=O)[C@@H](C)C2. The fraction of sp³-hybridized carbons (Fsp3) is 0.650. The second-order valence-electron chi connectivity index (χ2n) is 7.62. The lowest BCUT2D eigenvalue weighted by Crippen LogP contribution is -2.59. The van der Waals surface area contributed by atoms with Crippen molar-refractivity contribution < 1.29 is 39.8 Å². The number of aliphatic hydroxyl groups is 5. The highest BCUT2D eigenvalue weighted by molar-refractivity contribution is 6.03. The van der Waals surface area contributed by atoms with Crippen molar-refractivity contribution in [2.45, 2.75) is 64.0 Å². The van der Waals surface area contributed by atoms with E-state index in [9.17, 15) is 30.3 Å². The van der Waals surface area contributed by atoms with E-state index < -0.39 is 37.3 Å². The zero-order valence-electron chi connectivity index (χ0n) is 16.0. The normalized spacial score (nSPS) is 32.6. The van der Waals surface area contributed by atoms with Crippen molar-refractivity contribution in [2.24, 2.45) is 5.92 Å². The number of hydrogen-bond donors (Lipinski definition) is 5. The van der Waals surface area contributed by atoms with Crippen LogP contribution in [0.15, 0.2) is 6.07 Å². The van der Waals surface area contributed by atoms with Crippen LogP contribution in [0.25, 0.3) is 0 Å². The first kappa shape index (κ1) is 21.3. The second-order valence-corrected chi connectivity index (χ2v) is 7.62. The Kier molecular flexibility index (Phi) is 6.51. The Labute approximate surface area is 163 Å². The molecule has 8 heteroatoms. The van der Waals surface area contributed by atoms with E-state index in [2.05, 4.69) is 0 Å². The van der Waals surface area contributed by atoms with Gasteiger partial charge in [-0.2, -0.15) is 0 Å². The molecule has 1 fully saturated rings. The molecule has 1 aromatic rings. The maximum Gasteiger partial charge on any atom is 0.186 e. The topological polar surface area (TPSA) is 137 Å². The lowest BCUT2D eigenvalue weighted by Gasteiger charge is -2.39. The van der Waals surface area contributed by atoms with Crippen LogP contribution in [-0.4, -0.2) is 75.2 Å². The summed E-state index contributed by atoms with van der Waals surface area (Å²) in [5.41, 5.74) is 4.04. The number of ether oxygens (including phenoxy) is 2. The van der Waals surface area contributed by atoms with Gasteiger partial charge in [0.2, 0.25) is 0 Å². The first-order valence-electron chi connectivity index (χ1n) is 9.51. The van der Waals surface area contributed by atoms with Crippen molar-refractivity contribution in [1.82, 2.24) is 0 Å². The summed E-state index contributed by atoms with van der Waals surface area (Å²) in [5.74, 6) is 0.0361. The predicted octanol–water partition coefficient (Wildman–Crippen LogP) is -0.779. The number of rotatable bonds is 6. The summed E-state index contributed by atoms with van der Waals surface area (Å²) in [6, 6.07) is 1.87. The summed E-state index contributed by atoms with van der Waals surface area (Å²) in [6.07, 6.45) is -5.59. The van der Waals surface area contributed by atoms with Gasteiger partial charge in [-0.05, 0) is 42.0 Å². The molecule has 6 atom stereocenters. The first-order chi connectivity index (χ1) is 13.3. The van der Waals surface area contributed by atoms with Gasteiger partial charge in [-0.3, -0.25) is 4.79 Å². The molecule has 1 aliphatic carbocycles. The molecule has 3 rings (SSSR count). The van der Waals surface area contributed by atoms with Gasteiger partial charge in [-0.25, -0.2) is 0 Å². The minimum Gasteiger partial charge on any atom is -0.394 e. The van der Waals surface area contributed by atoms with Crippen LogP contribution in [0.5, 0.6) is 0 Å². The summed E-state index contributed by atoms with van der Waals surface area (Å²) in [6.45, 7) is 3.16. The third kappa shape index (κ3) is 3.73. The number of Topliss-reactive ketones (excluding diaryl/α,β-unsaturated/α-hetero) is 1. The van der Waals surface area contributed by atoms with Crippen molar-refractivity contribution in [1.29, 1.82) is 0 Å². The Morgan fingerprint density at radius 2 is 1.89 bits per heavy atom. The highest BCUT2D eigenvalue weighted by atomic mass is 16.7. The Balaban J connectivity index is 1.72. The van der Waals surface area contributed by atoms with Crippen LogP contribution < -0.4 is 0 Å². The van der Waals surface area contributed by atoms with Gasteiger partial charge < -0.3 is 35.0 Å². The zero-order chi connectivity index (χ0) is 20.6. The maximum absolute atomic E-state index is 12.4. The van der Waals surface area contributed by atoms with Gasteiger partial charge in [0.1, 0.15) is 24.4 Å². The van der Waals surface area contributed by atoms with E-state index >= 15 is 0 Å². The molecule has 0 radical (unpaired) electrons. The summed E-state index contributed by atoms with van der Waals surface area (Å²) < 4.78 is 10.9. The summed E-state index contributed by atoms with van der Waals surface area (Å²) in [5, 5.41) is 48.7. The average Bonchev–Trinajstić information content (AvgIpc) is 2.97. The lowest BCUT2D eigenvalue weighted by molar-refractivity contribution is -0.300. The second kappa shape index (κ2) is 8.54. The van der Waals surface area contributed by atoms with E-state index in [0.717, 1.165) is 22.3 Å². The molecule has 0 aromatic heterocycles. The van der Waals surface area contributed by atoms with Gasteiger partial charge in [0.15, 0.2) is 12.1 Å². The molecular weight excluding hydrogens is 368 g/mol. The van der Waals surface area contributed by atoms with Crippen LogP contribution in [0, 0.1) is 12.8 Å². The number of ketones is 1. The maximum atomic E-state index is 12.4. The van der Waals surface area contributed by atoms with Gasteiger partial charge in [0.05, 0.1) is 19.8 Å². The highest BCUT2D eigenvalue weighted by Gasteiger charge is 2.44. The predicted molar refractivity (Wildman–Crippen MR) is 97.7 cm³/mol. The van der Waals surface area contributed by atoms with Gasteiger partial charge in [0, 0.05) is 11.5 Å². The van der Waals surface area contributed by atoms with Crippen LogP contribution in [0.4, 0.5) is 0 Å². The van der Waals surface area contributed by atoms with Gasteiger partial charge in [0.25, 0.3) is 0 Å². The molecule has 0 saturated carbocycles. The number of carbonyl (C=O) groups is 1. The molecule has 0 bridgehead atoms. The molecule has 1 saturated heterocycles. The first-order valence-corrected chi connectivity index (χ1v) is 9.51. The number of fused-ring (bicyclic) bond motifs is 1. The van der Waals surface area contributed by atoms with Gasteiger partial charge in [-0.15, -0.1) is 0 Å². The molecule has 1 heterocycles. The molecule has 156 valence electrons. The minimum absolute atomic E-state index is 0.0686. The lowest BCUT2D eigenvalue weighted by atomic mass is 9.92. The fourth-order valence-corrected chi connectivity index (χ4v) is 4.15. The van der Waals surface area contributed by atoms with E-state index in [1.165, 1.54) is 0 Å². The third-order valence-electron chi connectivity index (χ3n) is 5.76. The number of carbonyl (C=O) groups excluding carboxylic acids is 1. The number of hydrogen-bond acceptors (Lipinski definition) is 8. The van der Waals surface area contributed by atoms with Crippen molar-refractivity contribution in [2.75, 3.05) is 13.2 Å². The molecule has 1 aliphatic heterocycles. The van der Waals surface area contributed by atoms with Crippen LogP contribution in [0.3, 0.4) is 0 Å². The molecule has 0 amide bonds. The molecule has 1 aromatic carbocycles. The molecule has 2 aliphatic rings. The Hall–Kier alpha value is -1.39. The van der Waals surface area contributed by atoms with Gasteiger partial charge in [-0.1, -0.05) is 13.0 Å². The van der Waals surface area contributed by atoms with Crippen molar-refractivity contribution in [3.8, 4) is 0 Å². The fourth-order valence-electron chi connectivity index (χ4n) is 4.15. The molecular formula is C20H28O8. The Morgan fingerprint density at radius 3 is 2.54 bits per heavy atom. The van der Waals surface area contributed by atoms with Gasteiger partial charge >= 0.3 is 0 Å². The number of benzene rings is 1. The molecule has 8 nitrogen and oxygen atoms in total. The largest absolute Gasteiger partial charge is 0.394 e. The third-order valence-corrected chi connectivity index (χ3v) is 5.76. The quantitative estimate of drug-likeness (QED) is 0.422. The smallest absolute Gasteiger partial charge is 0.186 e. The standard InChI is InChI=1S/C20H28O8/c1-9-5-11-6-12(7-21)13(10(2)15(11)16(9)23)3-4-27-20-19(26)18(25)17(24)14(8-22)28-20/h6,9,14,17-22,24-26H,3-5,7-8H2,1-2H3/t9-,14?,17+,18-,19?,20+/m0/s1.